The monoisotopic (exact) mass is 349 g/mol. The van der Waals surface area contributed by atoms with Crippen LogP contribution in [0.5, 0.6) is 0 Å². The number of nitrogens with zero attached hydrogens (tertiary/aromatic N) is 3. The second-order valence-electron chi connectivity index (χ2n) is 6.64. The van der Waals surface area contributed by atoms with Gasteiger partial charge in [0.25, 0.3) is 0 Å². The van der Waals surface area contributed by atoms with Gasteiger partial charge in [0.2, 0.25) is 5.95 Å². The van der Waals surface area contributed by atoms with Crippen molar-refractivity contribution in [3.05, 3.63) is 84.4 Å². The van der Waals surface area contributed by atoms with Gasteiger partial charge in [-0.05, 0) is 46.7 Å². The van der Waals surface area contributed by atoms with E-state index in [4.69, 9.17) is 9.98 Å². The first-order chi connectivity index (χ1) is 13.3. The molecule has 0 amide bonds. The van der Waals surface area contributed by atoms with Gasteiger partial charge in [-0.1, -0.05) is 60.7 Å². The van der Waals surface area contributed by atoms with Crippen LogP contribution < -0.4 is 0 Å². The smallest absolute Gasteiger partial charge is 0.230 e. The predicted octanol–water partition coefficient (Wildman–Crippen LogP) is 6.11. The maximum absolute atomic E-state index is 4.81. The molecule has 5 rings (SSSR count). The van der Waals surface area contributed by atoms with Crippen LogP contribution in [0.3, 0.4) is 0 Å². The summed E-state index contributed by atoms with van der Waals surface area (Å²) in [5.74, 6) is 0.746. The highest BCUT2D eigenvalue weighted by Gasteiger charge is 2.09. The van der Waals surface area contributed by atoms with E-state index in [0.29, 0.717) is 0 Å². The lowest BCUT2D eigenvalue weighted by Gasteiger charge is -2.08. The summed E-state index contributed by atoms with van der Waals surface area (Å²) in [6, 6.07) is 27.4. The number of hydrogen-bond donors (Lipinski definition) is 0. The molecule has 0 unspecified atom stereocenters. The molecule has 0 spiro atoms. The lowest BCUT2D eigenvalue weighted by atomic mass is 9.97. The van der Waals surface area contributed by atoms with Gasteiger partial charge in [-0.25, -0.2) is 9.98 Å². The zero-order chi connectivity index (χ0) is 18.2. The zero-order valence-electron chi connectivity index (χ0n) is 15.1. The standard InChI is InChI=1S/C24H19N3/c1-2-27-23-14-8-7-13-22(23)26-24(27)25-16-21-19-11-5-3-9-17(19)15-18-10-4-6-12-20(18)21/h3-16H,2H2,1H3. The van der Waals surface area contributed by atoms with Crippen molar-refractivity contribution in [2.45, 2.75) is 13.5 Å². The molecule has 1 heterocycles. The molecule has 0 saturated heterocycles. The molecule has 4 aromatic carbocycles. The van der Waals surface area contributed by atoms with Gasteiger partial charge in [0.15, 0.2) is 0 Å². The van der Waals surface area contributed by atoms with Crippen LogP contribution in [0.15, 0.2) is 83.9 Å². The molecule has 0 saturated carbocycles. The van der Waals surface area contributed by atoms with Gasteiger partial charge in [-0.15, -0.1) is 0 Å². The third-order valence-corrected chi connectivity index (χ3v) is 5.07. The Balaban J connectivity index is 1.74. The molecule has 0 fully saturated rings. The van der Waals surface area contributed by atoms with Crippen molar-refractivity contribution in [3.8, 4) is 0 Å². The zero-order valence-corrected chi connectivity index (χ0v) is 15.1. The Bertz CT molecular complexity index is 1260. The number of aromatic nitrogens is 2. The lowest BCUT2D eigenvalue weighted by Crippen LogP contribution is -1.94. The number of rotatable bonds is 3. The Hall–Kier alpha value is -3.46. The van der Waals surface area contributed by atoms with E-state index in [2.05, 4.69) is 72.2 Å². The molecule has 3 nitrogen and oxygen atoms in total. The van der Waals surface area contributed by atoms with E-state index in [-0.39, 0.29) is 0 Å². The van der Waals surface area contributed by atoms with Gasteiger partial charge >= 0.3 is 0 Å². The second kappa shape index (κ2) is 6.36. The second-order valence-corrected chi connectivity index (χ2v) is 6.64. The summed E-state index contributed by atoms with van der Waals surface area (Å²) in [6.07, 6.45) is 1.97. The van der Waals surface area contributed by atoms with Crippen LogP contribution in [0.1, 0.15) is 12.5 Å². The molecule has 0 N–H and O–H groups in total. The number of benzene rings is 4. The van der Waals surface area contributed by atoms with Gasteiger partial charge < -0.3 is 4.57 Å². The van der Waals surface area contributed by atoms with Gasteiger partial charge in [0.1, 0.15) is 0 Å². The Morgan fingerprint density at radius 3 is 2.19 bits per heavy atom. The molecule has 130 valence electrons. The Labute approximate surface area is 157 Å². The Morgan fingerprint density at radius 2 is 1.48 bits per heavy atom. The summed E-state index contributed by atoms with van der Waals surface area (Å²) in [7, 11) is 0. The molecule has 0 bridgehead atoms. The normalized spacial score (nSPS) is 11.9. The first-order valence-electron chi connectivity index (χ1n) is 9.25. The molecule has 27 heavy (non-hydrogen) atoms. The molecule has 0 atom stereocenters. The van der Waals surface area contributed by atoms with Gasteiger partial charge in [-0.3, -0.25) is 0 Å². The molecule has 0 aliphatic heterocycles. The summed E-state index contributed by atoms with van der Waals surface area (Å²) < 4.78 is 2.15. The predicted molar refractivity (Wildman–Crippen MR) is 114 cm³/mol. The SMILES string of the molecule is CCn1c(N=Cc2c3ccccc3cc3ccccc23)nc2ccccc21. The average molecular weight is 349 g/mol. The molecule has 3 heteroatoms. The molecule has 0 aliphatic rings. The minimum Gasteiger partial charge on any atom is -0.309 e. The number of aliphatic imine (C=N–C) groups is 1. The Morgan fingerprint density at radius 1 is 0.852 bits per heavy atom. The number of imidazole rings is 1. The fraction of sp³-hybridized carbons (Fsp3) is 0.0833. The minimum absolute atomic E-state index is 0.746. The molecule has 5 aromatic rings. The number of para-hydroxylation sites is 2. The van der Waals surface area contributed by atoms with Crippen molar-refractivity contribution in [1.82, 2.24) is 9.55 Å². The van der Waals surface area contributed by atoms with Crippen molar-refractivity contribution < 1.29 is 0 Å². The van der Waals surface area contributed by atoms with E-state index in [1.807, 2.05) is 24.4 Å². The van der Waals surface area contributed by atoms with Crippen LogP contribution in [0.4, 0.5) is 5.95 Å². The molecule has 0 radical (unpaired) electrons. The fourth-order valence-electron chi connectivity index (χ4n) is 3.78. The number of aryl methyl sites for hydroxylation is 1. The van der Waals surface area contributed by atoms with Crippen molar-refractivity contribution in [3.63, 3.8) is 0 Å². The maximum atomic E-state index is 4.81. The van der Waals surface area contributed by atoms with E-state index in [0.717, 1.165) is 29.1 Å². The van der Waals surface area contributed by atoms with Crippen molar-refractivity contribution in [2.75, 3.05) is 0 Å². The summed E-state index contributed by atoms with van der Waals surface area (Å²) >= 11 is 0. The number of fused-ring (bicyclic) bond motifs is 3. The lowest BCUT2D eigenvalue weighted by molar-refractivity contribution is 0.790. The largest absolute Gasteiger partial charge is 0.309 e. The number of hydrogen-bond acceptors (Lipinski definition) is 2. The maximum Gasteiger partial charge on any atom is 0.230 e. The summed E-state index contributed by atoms with van der Waals surface area (Å²) in [5, 5.41) is 4.86. The molecular weight excluding hydrogens is 330 g/mol. The van der Waals surface area contributed by atoms with Crippen LogP contribution in [-0.2, 0) is 6.54 Å². The summed E-state index contributed by atoms with van der Waals surface area (Å²) in [6.45, 7) is 2.96. The highest BCUT2D eigenvalue weighted by molar-refractivity contribution is 6.13. The van der Waals surface area contributed by atoms with Crippen molar-refractivity contribution in [1.29, 1.82) is 0 Å². The summed E-state index contributed by atoms with van der Waals surface area (Å²) in [4.78, 5) is 9.54. The van der Waals surface area contributed by atoms with Gasteiger partial charge in [-0.2, -0.15) is 0 Å². The topological polar surface area (TPSA) is 30.2 Å². The van der Waals surface area contributed by atoms with Crippen molar-refractivity contribution >= 4 is 44.7 Å². The third kappa shape index (κ3) is 2.59. The van der Waals surface area contributed by atoms with Crippen LogP contribution in [-0.4, -0.2) is 15.8 Å². The highest BCUT2D eigenvalue weighted by atomic mass is 15.2. The van der Waals surface area contributed by atoms with Gasteiger partial charge in [0.05, 0.1) is 11.0 Å². The van der Waals surface area contributed by atoms with E-state index in [1.165, 1.54) is 21.5 Å². The van der Waals surface area contributed by atoms with Gasteiger partial charge in [0, 0.05) is 18.3 Å². The average Bonchev–Trinajstić information content (AvgIpc) is 3.08. The first kappa shape index (κ1) is 15.8. The Kier molecular flexibility index (Phi) is 3.72. The summed E-state index contributed by atoms with van der Waals surface area (Å²) in [5.41, 5.74) is 3.24. The van der Waals surface area contributed by atoms with Crippen LogP contribution in [0.2, 0.25) is 0 Å². The third-order valence-electron chi connectivity index (χ3n) is 5.07. The molecular formula is C24H19N3. The first-order valence-corrected chi connectivity index (χ1v) is 9.25. The van der Waals surface area contributed by atoms with E-state index in [9.17, 15) is 0 Å². The molecule has 1 aromatic heterocycles. The molecule has 0 aliphatic carbocycles. The van der Waals surface area contributed by atoms with E-state index >= 15 is 0 Å². The van der Waals surface area contributed by atoms with E-state index < -0.39 is 0 Å². The van der Waals surface area contributed by atoms with Crippen molar-refractivity contribution in [2.24, 2.45) is 4.99 Å². The van der Waals surface area contributed by atoms with Crippen LogP contribution in [0.25, 0.3) is 32.6 Å². The highest BCUT2D eigenvalue weighted by Crippen LogP contribution is 2.28. The quantitative estimate of drug-likeness (QED) is 0.285. The van der Waals surface area contributed by atoms with E-state index in [1.54, 1.807) is 0 Å². The minimum atomic E-state index is 0.746. The van der Waals surface area contributed by atoms with Crippen LogP contribution in [0, 0.1) is 0 Å². The fourth-order valence-corrected chi connectivity index (χ4v) is 3.78. The van der Waals surface area contributed by atoms with Crippen LogP contribution >= 0.6 is 0 Å².